The number of rotatable bonds is 13. The number of benzene rings is 2. The van der Waals surface area contributed by atoms with Crippen LogP contribution < -0.4 is 9.64 Å². The Morgan fingerprint density at radius 3 is 2.34 bits per heavy atom. The second kappa shape index (κ2) is 13.9. The van der Waals surface area contributed by atoms with Crippen LogP contribution in [0.25, 0.3) is 0 Å². The molecular formula is C37H46BrN3O6. The van der Waals surface area contributed by atoms with Gasteiger partial charge in [-0.05, 0) is 70.4 Å². The monoisotopic (exact) mass is 707 g/mol. The van der Waals surface area contributed by atoms with Crippen LogP contribution in [0.15, 0.2) is 79.9 Å². The van der Waals surface area contributed by atoms with Crippen LogP contribution in [0.1, 0.15) is 39.7 Å². The quantitative estimate of drug-likeness (QED) is 0.238. The van der Waals surface area contributed by atoms with Crippen LogP contribution in [-0.2, 0) is 25.5 Å². The van der Waals surface area contributed by atoms with Crippen LogP contribution in [0.3, 0.4) is 0 Å². The van der Waals surface area contributed by atoms with Crippen molar-refractivity contribution in [2.45, 2.75) is 74.7 Å². The standard InChI is InChI=1S/C37H46BrN3O6/c1-7-19-39(25-15-17-27(18-16-25)46-9-3)33(43)29-30-34(44)41(26(23-42)21-24-13-11-10-12-14-24)32(37(30)22-28(38)31(29)47-37)35(45)40(20-8-2)36(4,5)6/h7-8,10-18,26,28-32,42H,1-2,9,19-23H2,3-6H3/t26-,28?,29+,30+,31+,32?,37?/m1/s1. The molecule has 2 aromatic rings. The third kappa shape index (κ3) is 6.27. The van der Waals surface area contributed by atoms with Crippen LogP contribution in [0.5, 0.6) is 5.75 Å². The Morgan fingerprint density at radius 2 is 1.77 bits per heavy atom. The number of hydrogen-bond donors (Lipinski definition) is 1. The molecule has 1 N–H and O–H groups in total. The molecule has 3 aliphatic rings. The van der Waals surface area contributed by atoms with Crippen LogP contribution in [0, 0.1) is 11.8 Å². The fourth-order valence-electron chi connectivity index (χ4n) is 7.65. The molecule has 47 heavy (non-hydrogen) atoms. The Kier molecular flexibility index (Phi) is 10.3. The zero-order valence-corrected chi connectivity index (χ0v) is 29.3. The number of anilines is 1. The number of carbonyl (C=O) groups is 3. The van der Waals surface area contributed by atoms with E-state index in [4.69, 9.17) is 9.47 Å². The molecule has 7 atom stereocenters. The Hall–Kier alpha value is -3.47. The molecular weight excluding hydrogens is 662 g/mol. The number of carbonyl (C=O) groups excluding carboxylic acids is 3. The fraction of sp³-hybridized carbons (Fsp3) is 0.486. The van der Waals surface area contributed by atoms with Crippen molar-refractivity contribution in [2.75, 3.05) is 31.2 Å². The molecule has 0 aromatic heterocycles. The van der Waals surface area contributed by atoms with Crippen molar-refractivity contribution in [2.24, 2.45) is 11.8 Å². The van der Waals surface area contributed by atoms with Gasteiger partial charge >= 0.3 is 0 Å². The van der Waals surface area contributed by atoms with Gasteiger partial charge in [-0.25, -0.2) is 0 Å². The van der Waals surface area contributed by atoms with E-state index in [0.29, 0.717) is 30.9 Å². The maximum atomic E-state index is 14.9. The highest BCUT2D eigenvalue weighted by molar-refractivity contribution is 9.09. The van der Waals surface area contributed by atoms with Crippen LogP contribution >= 0.6 is 15.9 Å². The fourth-order valence-corrected chi connectivity index (χ4v) is 8.59. The second-order valence-corrected chi connectivity index (χ2v) is 14.7. The molecule has 0 saturated carbocycles. The molecule has 0 radical (unpaired) electrons. The molecule has 2 bridgehead atoms. The summed E-state index contributed by atoms with van der Waals surface area (Å²) in [5.74, 6) is -2.03. The number of fused-ring (bicyclic) bond motifs is 1. The topological polar surface area (TPSA) is 99.6 Å². The highest BCUT2D eigenvalue weighted by Gasteiger charge is 2.77. The van der Waals surface area contributed by atoms with Gasteiger partial charge in [0, 0.05) is 29.1 Å². The molecule has 3 amide bonds. The molecule has 9 nitrogen and oxygen atoms in total. The minimum Gasteiger partial charge on any atom is -0.494 e. The molecule has 10 heteroatoms. The van der Waals surface area contributed by atoms with Gasteiger partial charge in [0.1, 0.15) is 17.4 Å². The summed E-state index contributed by atoms with van der Waals surface area (Å²) in [7, 11) is 0. The first-order valence-electron chi connectivity index (χ1n) is 16.3. The molecule has 1 spiro atoms. The number of nitrogens with zero attached hydrogens (tertiary/aromatic N) is 3. The van der Waals surface area contributed by atoms with Gasteiger partial charge in [0.25, 0.3) is 0 Å². The molecule has 3 unspecified atom stereocenters. The van der Waals surface area contributed by atoms with Crippen molar-refractivity contribution in [3.05, 3.63) is 85.5 Å². The van der Waals surface area contributed by atoms with Gasteiger partial charge in [-0.15, -0.1) is 13.2 Å². The zero-order valence-electron chi connectivity index (χ0n) is 27.7. The lowest BCUT2D eigenvalue weighted by Gasteiger charge is -2.43. The lowest BCUT2D eigenvalue weighted by atomic mass is 9.70. The highest BCUT2D eigenvalue weighted by atomic mass is 79.9. The number of ether oxygens (including phenoxy) is 2. The number of hydrogen-bond acceptors (Lipinski definition) is 6. The third-order valence-corrected chi connectivity index (χ3v) is 10.4. The van der Waals surface area contributed by atoms with Crippen molar-refractivity contribution < 1.29 is 29.0 Å². The SMILES string of the molecule is C=CCN(C(=O)[C@H]1[C@H]2C(=O)N([C@@H](CO)Cc3ccccc3)C(C(=O)N(CC=C)C(C)(C)C)C23CC(Br)[C@@H]1O3)c1ccc(OCC)cc1. The molecule has 3 aliphatic heterocycles. The van der Waals surface area contributed by atoms with Gasteiger partial charge in [0.2, 0.25) is 17.7 Å². The maximum absolute atomic E-state index is 14.9. The van der Waals surface area contributed by atoms with E-state index in [-0.39, 0.29) is 42.2 Å². The Labute approximate surface area is 286 Å². The van der Waals surface area contributed by atoms with E-state index in [2.05, 4.69) is 29.1 Å². The Morgan fingerprint density at radius 1 is 1.11 bits per heavy atom. The molecule has 3 fully saturated rings. The van der Waals surface area contributed by atoms with Gasteiger partial charge in [-0.3, -0.25) is 14.4 Å². The maximum Gasteiger partial charge on any atom is 0.249 e. The van der Waals surface area contributed by atoms with E-state index in [0.717, 1.165) is 5.56 Å². The molecule has 252 valence electrons. The molecule has 5 rings (SSSR count). The van der Waals surface area contributed by atoms with Gasteiger partial charge in [-0.2, -0.15) is 0 Å². The van der Waals surface area contributed by atoms with Crippen molar-refractivity contribution in [3.63, 3.8) is 0 Å². The number of halogens is 1. The first kappa shape index (κ1) is 34.9. The van der Waals surface area contributed by atoms with Crippen molar-refractivity contribution in [1.29, 1.82) is 0 Å². The normalized spacial score (nSPS) is 26.9. The summed E-state index contributed by atoms with van der Waals surface area (Å²) in [4.78, 5) is 49.0. The summed E-state index contributed by atoms with van der Waals surface area (Å²) in [6.07, 6.45) is 3.39. The molecule has 0 aliphatic carbocycles. The minimum absolute atomic E-state index is 0.216. The predicted octanol–water partition coefficient (Wildman–Crippen LogP) is 4.77. The summed E-state index contributed by atoms with van der Waals surface area (Å²) >= 11 is 3.79. The van der Waals surface area contributed by atoms with Gasteiger partial charge in [0.05, 0.1) is 37.2 Å². The van der Waals surface area contributed by atoms with E-state index >= 15 is 0 Å². The van der Waals surface area contributed by atoms with Gasteiger partial charge in [-0.1, -0.05) is 58.4 Å². The Balaban J connectivity index is 1.61. The third-order valence-electron chi connectivity index (χ3n) is 9.59. The number of aliphatic hydroxyl groups excluding tert-OH is 1. The van der Waals surface area contributed by atoms with Crippen LogP contribution in [0.2, 0.25) is 0 Å². The lowest BCUT2D eigenvalue weighted by Crippen LogP contribution is -2.62. The van der Waals surface area contributed by atoms with Crippen molar-refractivity contribution in [3.8, 4) is 5.75 Å². The second-order valence-electron chi connectivity index (χ2n) is 13.5. The number of likely N-dealkylation sites (tertiary alicyclic amines) is 1. The summed E-state index contributed by atoms with van der Waals surface area (Å²) in [6.45, 7) is 16.1. The molecule has 2 aromatic carbocycles. The summed E-state index contributed by atoms with van der Waals surface area (Å²) in [5, 5.41) is 10.8. The van der Waals surface area contributed by atoms with Crippen LogP contribution in [-0.4, -0.2) is 93.1 Å². The minimum atomic E-state index is -1.28. The average molecular weight is 709 g/mol. The van der Waals surface area contributed by atoms with Gasteiger partial charge < -0.3 is 29.3 Å². The summed E-state index contributed by atoms with van der Waals surface area (Å²) in [6, 6.07) is 15.1. The van der Waals surface area contributed by atoms with E-state index < -0.39 is 41.2 Å². The zero-order chi connectivity index (χ0) is 34.1. The first-order chi connectivity index (χ1) is 22.4. The summed E-state index contributed by atoms with van der Waals surface area (Å²) < 4.78 is 12.4. The number of alkyl halides is 1. The van der Waals surface area contributed by atoms with Crippen LogP contribution in [0.4, 0.5) is 5.69 Å². The van der Waals surface area contributed by atoms with E-state index in [9.17, 15) is 19.5 Å². The predicted molar refractivity (Wildman–Crippen MR) is 185 cm³/mol. The smallest absolute Gasteiger partial charge is 0.249 e. The highest BCUT2D eigenvalue weighted by Crippen LogP contribution is 2.61. The molecule has 3 saturated heterocycles. The van der Waals surface area contributed by atoms with Gasteiger partial charge in [0.15, 0.2) is 0 Å². The Bertz CT molecular complexity index is 1480. The molecule has 3 heterocycles. The lowest BCUT2D eigenvalue weighted by molar-refractivity contribution is -0.154. The largest absolute Gasteiger partial charge is 0.494 e. The van der Waals surface area contributed by atoms with E-state index in [1.54, 1.807) is 22.0 Å². The van der Waals surface area contributed by atoms with E-state index in [1.165, 1.54) is 4.90 Å². The number of amides is 3. The average Bonchev–Trinajstić information content (AvgIpc) is 3.64. The van der Waals surface area contributed by atoms with Crippen molar-refractivity contribution >= 4 is 39.3 Å². The first-order valence-corrected chi connectivity index (χ1v) is 17.2. The summed E-state index contributed by atoms with van der Waals surface area (Å²) in [5.41, 5.74) is -0.321. The van der Waals surface area contributed by atoms with Crippen molar-refractivity contribution in [1.82, 2.24) is 9.80 Å². The van der Waals surface area contributed by atoms with E-state index in [1.807, 2.05) is 82.3 Å². The number of aliphatic hydroxyl groups is 1.